The Morgan fingerprint density at radius 1 is 1.50 bits per heavy atom. The standard InChI is InChI=1S/C15H13N3O3S/c1-8-13(9(2)19)14(12(7-16)15(22)17-8)10-4-3-5-11(6-10)18(20)21/h3-6,14,17,22H,1-2H3. The van der Waals surface area contributed by atoms with Crippen molar-refractivity contribution in [3.8, 4) is 6.07 Å². The Morgan fingerprint density at radius 2 is 2.18 bits per heavy atom. The second-order valence-electron chi connectivity index (χ2n) is 4.88. The number of dihydropyridines is 1. The molecule has 7 heteroatoms. The number of nitro groups is 1. The summed E-state index contributed by atoms with van der Waals surface area (Å²) in [5, 5.41) is 23.6. The summed E-state index contributed by atoms with van der Waals surface area (Å²) in [6, 6.07) is 7.99. The van der Waals surface area contributed by atoms with Crippen LogP contribution in [-0.2, 0) is 4.79 Å². The summed E-state index contributed by atoms with van der Waals surface area (Å²) in [6.07, 6.45) is 0. The van der Waals surface area contributed by atoms with Crippen LogP contribution in [0.15, 0.2) is 46.1 Å². The monoisotopic (exact) mass is 315 g/mol. The molecule has 1 aromatic carbocycles. The van der Waals surface area contributed by atoms with E-state index >= 15 is 0 Å². The number of hydrogen-bond donors (Lipinski definition) is 2. The molecular formula is C15H13N3O3S. The summed E-state index contributed by atoms with van der Waals surface area (Å²) in [6.45, 7) is 3.12. The van der Waals surface area contributed by atoms with Crippen molar-refractivity contribution in [2.24, 2.45) is 0 Å². The van der Waals surface area contributed by atoms with E-state index in [1.165, 1.54) is 25.1 Å². The smallest absolute Gasteiger partial charge is 0.269 e. The number of thiol groups is 1. The maximum atomic E-state index is 12.0. The summed E-state index contributed by atoms with van der Waals surface area (Å²) in [5.41, 5.74) is 1.69. The van der Waals surface area contributed by atoms with E-state index < -0.39 is 10.8 Å². The number of nitrogens with zero attached hydrogens (tertiary/aromatic N) is 2. The number of nitriles is 1. The van der Waals surface area contributed by atoms with Gasteiger partial charge in [0.15, 0.2) is 5.78 Å². The van der Waals surface area contributed by atoms with Crippen LogP contribution in [0, 0.1) is 21.4 Å². The highest BCUT2D eigenvalue weighted by Gasteiger charge is 2.32. The lowest BCUT2D eigenvalue weighted by atomic mass is 9.81. The molecule has 0 aliphatic carbocycles. The first-order valence-corrected chi connectivity index (χ1v) is 6.87. The normalized spacial score (nSPS) is 17.8. The van der Waals surface area contributed by atoms with Crippen LogP contribution >= 0.6 is 12.6 Å². The van der Waals surface area contributed by atoms with Gasteiger partial charge < -0.3 is 5.32 Å². The van der Waals surface area contributed by atoms with Crippen molar-refractivity contribution >= 4 is 24.1 Å². The third kappa shape index (κ3) is 2.73. The zero-order chi connectivity index (χ0) is 16.4. The Bertz CT molecular complexity index is 774. The maximum absolute atomic E-state index is 12.0. The SMILES string of the molecule is CC(=O)C1=C(C)NC(S)=C(C#N)C1c1cccc([N+](=O)[O-])c1. The van der Waals surface area contributed by atoms with Gasteiger partial charge in [-0.15, -0.1) is 12.6 Å². The highest BCUT2D eigenvalue weighted by Crippen LogP contribution is 2.39. The van der Waals surface area contributed by atoms with Crippen molar-refractivity contribution in [1.29, 1.82) is 5.26 Å². The molecule has 0 bridgehead atoms. The molecular weight excluding hydrogens is 302 g/mol. The second-order valence-corrected chi connectivity index (χ2v) is 5.33. The topological polar surface area (TPSA) is 96.0 Å². The van der Waals surface area contributed by atoms with Gasteiger partial charge in [-0.2, -0.15) is 5.26 Å². The van der Waals surface area contributed by atoms with Gasteiger partial charge in [0.1, 0.15) is 0 Å². The zero-order valence-corrected chi connectivity index (χ0v) is 12.8. The molecule has 0 fully saturated rings. The predicted octanol–water partition coefficient (Wildman–Crippen LogP) is 2.81. The van der Waals surface area contributed by atoms with E-state index in [-0.39, 0.29) is 17.0 Å². The summed E-state index contributed by atoms with van der Waals surface area (Å²) in [7, 11) is 0. The van der Waals surface area contributed by atoms with Crippen LogP contribution in [0.4, 0.5) is 5.69 Å². The number of allylic oxidation sites excluding steroid dienone is 3. The fourth-order valence-electron chi connectivity index (χ4n) is 2.55. The first kappa shape index (κ1) is 15.8. The van der Waals surface area contributed by atoms with Gasteiger partial charge in [-0.1, -0.05) is 12.1 Å². The van der Waals surface area contributed by atoms with Crippen LogP contribution < -0.4 is 5.32 Å². The Kier molecular flexibility index (Phi) is 4.33. The van der Waals surface area contributed by atoms with Crippen LogP contribution in [0.1, 0.15) is 25.3 Å². The van der Waals surface area contributed by atoms with Gasteiger partial charge in [0.2, 0.25) is 0 Å². The van der Waals surface area contributed by atoms with Gasteiger partial charge in [0, 0.05) is 23.4 Å². The number of non-ortho nitro benzene ring substituents is 1. The fourth-order valence-corrected chi connectivity index (χ4v) is 2.89. The maximum Gasteiger partial charge on any atom is 0.269 e. The molecule has 1 atom stereocenters. The van der Waals surface area contributed by atoms with Crippen LogP contribution in [-0.4, -0.2) is 10.7 Å². The van der Waals surface area contributed by atoms with Crippen LogP contribution in [0.3, 0.4) is 0 Å². The lowest BCUT2D eigenvalue weighted by Gasteiger charge is -2.27. The largest absolute Gasteiger partial charge is 0.353 e. The summed E-state index contributed by atoms with van der Waals surface area (Å²) in [4.78, 5) is 22.4. The minimum Gasteiger partial charge on any atom is -0.353 e. The van der Waals surface area contributed by atoms with E-state index in [2.05, 4.69) is 17.9 Å². The highest BCUT2D eigenvalue weighted by atomic mass is 32.1. The average Bonchev–Trinajstić information content (AvgIpc) is 2.46. The van der Waals surface area contributed by atoms with Gasteiger partial charge in [0.05, 0.1) is 27.5 Å². The molecule has 1 aromatic rings. The third-order valence-corrected chi connectivity index (χ3v) is 3.81. The predicted molar refractivity (Wildman–Crippen MR) is 84.0 cm³/mol. The number of benzene rings is 1. The molecule has 1 unspecified atom stereocenters. The molecule has 0 amide bonds. The summed E-state index contributed by atoms with van der Waals surface area (Å²) in [5.74, 6) is -0.855. The summed E-state index contributed by atoms with van der Waals surface area (Å²) < 4.78 is 0. The van der Waals surface area contributed by atoms with Crippen molar-refractivity contribution < 1.29 is 9.72 Å². The molecule has 0 spiro atoms. The van der Waals surface area contributed by atoms with Gasteiger partial charge in [0.25, 0.3) is 5.69 Å². The number of Topliss-reactive ketones (excluding diaryl/α,β-unsaturated/α-hetero) is 1. The van der Waals surface area contributed by atoms with Crippen molar-refractivity contribution in [1.82, 2.24) is 5.32 Å². The molecule has 1 aliphatic heterocycles. The van der Waals surface area contributed by atoms with Crippen molar-refractivity contribution in [2.45, 2.75) is 19.8 Å². The molecule has 1 heterocycles. The Morgan fingerprint density at radius 3 is 2.73 bits per heavy atom. The first-order chi connectivity index (χ1) is 10.4. The number of nitrogens with one attached hydrogen (secondary N) is 1. The van der Waals surface area contributed by atoms with E-state index in [1.807, 2.05) is 6.07 Å². The molecule has 0 saturated carbocycles. The number of carbonyl (C=O) groups excluding carboxylic acids is 1. The zero-order valence-electron chi connectivity index (χ0n) is 12.0. The van der Waals surface area contributed by atoms with Gasteiger partial charge >= 0.3 is 0 Å². The van der Waals surface area contributed by atoms with E-state index in [0.29, 0.717) is 21.9 Å². The number of nitro benzene ring substituents is 1. The Labute approximate surface area is 132 Å². The van der Waals surface area contributed by atoms with Gasteiger partial charge in [-0.05, 0) is 19.4 Å². The lowest BCUT2D eigenvalue weighted by Crippen LogP contribution is -2.26. The molecule has 2 rings (SSSR count). The lowest BCUT2D eigenvalue weighted by molar-refractivity contribution is -0.384. The molecule has 1 aliphatic rings. The number of ketones is 1. The number of hydrogen-bond acceptors (Lipinski definition) is 6. The van der Waals surface area contributed by atoms with Crippen molar-refractivity contribution in [2.75, 3.05) is 0 Å². The van der Waals surface area contributed by atoms with Crippen LogP contribution in [0.2, 0.25) is 0 Å². The Hall–Kier alpha value is -2.59. The number of carbonyl (C=O) groups is 1. The van der Waals surface area contributed by atoms with Crippen molar-refractivity contribution in [3.05, 3.63) is 61.8 Å². The minimum absolute atomic E-state index is 0.0883. The molecule has 112 valence electrons. The number of rotatable bonds is 3. The van der Waals surface area contributed by atoms with Crippen LogP contribution in [0.25, 0.3) is 0 Å². The summed E-state index contributed by atoms with van der Waals surface area (Å²) >= 11 is 4.25. The second kappa shape index (κ2) is 6.03. The Balaban J connectivity index is 2.68. The fraction of sp³-hybridized carbons (Fsp3) is 0.200. The first-order valence-electron chi connectivity index (χ1n) is 6.43. The average molecular weight is 315 g/mol. The van der Waals surface area contributed by atoms with Gasteiger partial charge in [-0.25, -0.2) is 0 Å². The third-order valence-electron chi connectivity index (χ3n) is 3.46. The molecule has 6 nitrogen and oxygen atoms in total. The van der Waals surface area contributed by atoms with E-state index in [1.54, 1.807) is 13.0 Å². The molecule has 0 saturated heterocycles. The molecule has 1 N–H and O–H groups in total. The minimum atomic E-state index is -0.656. The molecule has 22 heavy (non-hydrogen) atoms. The van der Waals surface area contributed by atoms with E-state index in [4.69, 9.17) is 0 Å². The molecule has 0 aromatic heterocycles. The van der Waals surface area contributed by atoms with Crippen LogP contribution in [0.5, 0.6) is 0 Å². The molecule has 0 radical (unpaired) electrons. The highest BCUT2D eigenvalue weighted by molar-refractivity contribution is 7.84. The van der Waals surface area contributed by atoms with E-state index in [9.17, 15) is 20.2 Å². The quantitative estimate of drug-likeness (QED) is 0.508. The van der Waals surface area contributed by atoms with E-state index in [0.717, 1.165) is 0 Å². The van der Waals surface area contributed by atoms with Crippen molar-refractivity contribution in [3.63, 3.8) is 0 Å². The van der Waals surface area contributed by atoms with Gasteiger partial charge in [-0.3, -0.25) is 14.9 Å².